The van der Waals surface area contributed by atoms with Gasteiger partial charge in [-0.2, -0.15) is 0 Å². The highest BCUT2D eigenvalue weighted by Gasteiger charge is 2.26. The Hall–Kier alpha value is -2.42. The van der Waals surface area contributed by atoms with Gasteiger partial charge in [0.05, 0.1) is 24.2 Å². The van der Waals surface area contributed by atoms with Crippen LogP contribution in [-0.2, 0) is 9.53 Å². The van der Waals surface area contributed by atoms with Gasteiger partial charge in [-0.3, -0.25) is 9.78 Å². The quantitative estimate of drug-likeness (QED) is 0.518. The summed E-state index contributed by atoms with van der Waals surface area (Å²) in [6.07, 6.45) is 0.724. The third-order valence-corrected chi connectivity index (χ3v) is 4.16. The van der Waals surface area contributed by atoms with Crippen LogP contribution in [0.1, 0.15) is 31.9 Å². The zero-order valence-corrected chi connectivity index (χ0v) is 13.7. The van der Waals surface area contributed by atoms with Gasteiger partial charge >= 0.3 is 5.97 Å². The van der Waals surface area contributed by atoms with E-state index in [1.807, 2.05) is 36.4 Å². The molecule has 0 saturated carbocycles. The summed E-state index contributed by atoms with van der Waals surface area (Å²) in [5.41, 5.74) is 1.73. The van der Waals surface area contributed by atoms with Gasteiger partial charge in [-0.15, -0.1) is 0 Å². The van der Waals surface area contributed by atoms with Gasteiger partial charge in [0.2, 0.25) is 0 Å². The molecule has 3 heteroatoms. The fraction of sp³-hybridized carbons (Fsp3) is 0.300. The molecule has 0 aliphatic heterocycles. The van der Waals surface area contributed by atoms with E-state index in [4.69, 9.17) is 9.72 Å². The van der Waals surface area contributed by atoms with Crippen molar-refractivity contribution in [2.75, 3.05) is 7.11 Å². The summed E-state index contributed by atoms with van der Waals surface area (Å²) < 4.78 is 5.05. The monoisotopic (exact) mass is 307 g/mol. The van der Waals surface area contributed by atoms with Gasteiger partial charge in [-0.1, -0.05) is 56.3 Å². The van der Waals surface area contributed by atoms with E-state index in [2.05, 4.69) is 26.0 Å². The molecule has 0 N–H and O–H groups in total. The number of aromatic nitrogens is 1. The van der Waals surface area contributed by atoms with E-state index >= 15 is 0 Å². The molecule has 0 saturated heterocycles. The summed E-state index contributed by atoms with van der Waals surface area (Å²) in [6.45, 7) is 4.22. The van der Waals surface area contributed by atoms with E-state index in [9.17, 15) is 4.79 Å². The van der Waals surface area contributed by atoms with E-state index in [0.717, 1.165) is 33.8 Å². The second-order valence-electron chi connectivity index (χ2n) is 6.27. The van der Waals surface area contributed by atoms with Crippen molar-refractivity contribution in [3.8, 4) is 0 Å². The molecule has 2 aromatic carbocycles. The van der Waals surface area contributed by atoms with Crippen LogP contribution in [0, 0.1) is 5.92 Å². The lowest BCUT2D eigenvalue weighted by molar-refractivity contribution is -0.142. The molecule has 0 fully saturated rings. The molecule has 3 aromatic rings. The summed E-state index contributed by atoms with van der Waals surface area (Å²) in [5.74, 6) is -0.174. The Kier molecular flexibility index (Phi) is 4.28. The van der Waals surface area contributed by atoms with Crippen LogP contribution in [0.3, 0.4) is 0 Å². The molecule has 0 amide bonds. The summed E-state index contributed by atoms with van der Waals surface area (Å²) in [7, 11) is 1.44. The Morgan fingerprint density at radius 1 is 1.00 bits per heavy atom. The highest BCUT2D eigenvalue weighted by Crippen LogP contribution is 2.33. The van der Waals surface area contributed by atoms with Gasteiger partial charge in [0.25, 0.3) is 0 Å². The molecule has 0 aliphatic rings. The minimum Gasteiger partial charge on any atom is -0.469 e. The number of carbonyl (C=O) groups excluding carboxylic acids is 1. The molecule has 118 valence electrons. The van der Waals surface area contributed by atoms with Gasteiger partial charge in [0.1, 0.15) is 0 Å². The molecule has 3 rings (SSSR count). The lowest BCUT2D eigenvalue weighted by Gasteiger charge is -2.19. The van der Waals surface area contributed by atoms with Gasteiger partial charge < -0.3 is 4.74 Å². The number of methoxy groups -OCH3 is 1. The van der Waals surface area contributed by atoms with Crippen molar-refractivity contribution in [3.05, 3.63) is 54.2 Å². The number of rotatable bonds is 4. The van der Waals surface area contributed by atoms with Gasteiger partial charge in [0.15, 0.2) is 0 Å². The second kappa shape index (κ2) is 6.37. The van der Waals surface area contributed by atoms with Crippen LogP contribution >= 0.6 is 0 Å². The lowest BCUT2D eigenvalue weighted by atomic mass is 9.90. The summed E-state index contributed by atoms with van der Waals surface area (Å²) >= 11 is 0. The van der Waals surface area contributed by atoms with Crippen LogP contribution < -0.4 is 0 Å². The Balaban J connectivity index is 2.30. The number of hydrogen-bond donors (Lipinski definition) is 0. The van der Waals surface area contributed by atoms with Crippen molar-refractivity contribution in [2.45, 2.75) is 26.2 Å². The SMILES string of the molecule is COC(=O)C(CC(C)C)c1nc2ccccc2c2ccccc12. The maximum atomic E-state index is 12.4. The van der Waals surface area contributed by atoms with Crippen molar-refractivity contribution in [1.82, 2.24) is 4.98 Å². The third kappa shape index (κ3) is 2.91. The Morgan fingerprint density at radius 3 is 2.26 bits per heavy atom. The minimum absolute atomic E-state index is 0.216. The average molecular weight is 307 g/mol. The molecular weight excluding hydrogens is 286 g/mol. The number of ether oxygens (including phenoxy) is 1. The van der Waals surface area contributed by atoms with Crippen LogP contribution in [0.4, 0.5) is 0 Å². The summed E-state index contributed by atoms with van der Waals surface area (Å²) in [5, 5.41) is 3.27. The van der Waals surface area contributed by atoms with Crippen molar-refractivity contribution >= 4 is 27.6 Å². The van der Waals surface area contributed by atoms with Crippen LogP contribution in [0.15, 0.2) is 48.5 Å². The fourth-order valence-corrected chi connectivity index (χ4v) is 3.13. The first kappa shape index (κ1) is 15.5. The number of esters is 1. The van der Waals surface area contributed by atoms with Crippen LogP contribution in [-0.4, -0.2) is 18.1 Å². The van der Waals surface area contributed by atoms with Crippen LogP contribution in [0.25, 0.3) is 21.7 Å². The van der Waals surface area contributed by atoms with Gasteiger partial charge in [-0.05, 0) is 23.8 Å². The molecule has 1 heterocycles. The van der Waals surface area contributed by atoms with Crippen molar-refractivity contribution in [1.29, 1.82) is 0 Å². The van der Waals surface area contributed by atoms with Crippen LogP contribution in [0.5, 0.6) is 0 Å². The van der Waals surface area contributed by atoms with Crippen molar-refractivity contribution in [2.24, 2.45) is 5.92 Å². The standard InChI is InChI=1S/C20H21NO2/c1-13(2)12-17(20(22)23-3)19-16-10-5-4-8-14(16)15-9-6-7-11-18(15)21-19/h4-11,13,17H,12H2,1-3H3. The smallest absolute Gasteiger partial charge is 0.314 e. The molecule has 0 bridgehead atoms. The number of hydrogen-bond acceptors (Lipinski definition) is 3. The zero-order chi connectivity index (χ0) is 16.4. The second-order valence-corrected chi connectivity index (χ2v) is 6.27. The molecular formula is C20H21NO2. The molecule has 23 heavy (non-hydrogen) atoms. The molecule has 0 radical (unpaired) electrons. The first-order chi connectivity index (χ1) is 11.1. The topological polar surface area (TPSA) is 39.2 Å². The predicted octanol–water partition coefficient (Wildman–Crippen LogP) is 4.69. The maximum Gasteiger partial charge on any atom is 0.314 e. The van der Waals surface area contributed by atoms with E-state index in [1.54, 1.807) is 0 Å². The first-order valence-electron chi connectivity index (χ1n) is 7.97. The average Bonchev–Trinajstić information content (AvgIpc) is 2.58. The predicted molar refractivity (Wildman–Crippen MR) is 93.5 cm³/mol. The maximum absolute atomic E-state index is 12.4. The number of benzene rings is 2. The van der Waals surface area contributed by atoms with E-state index in [0.29, 0.717) is 5.92 Å². The summed E-state index contributed by atoms with van der Waals surface area (Å²) in [6, 6.07) is 16.2. The van der Waals surface area contributed by atoms with E-state index < -0.39 is 0 Å². The zero-order valence-electron chi connectivity index (χ0n) is 13.7. The molecule has 0 aliphatic carbocycles. The molecule has 0 spiro atoms. The number of nitrogens with zero attached hydrogens (tertiary/aromatic N) is 1. The molecule has 1 atom stereocenters. The van der Waals surface area contributed by atoms with Crippen LogP contribution in [0.2, 0.25) is 0 Å². The molecule has 1 aromatic heterocycles. The summed E-state index contributed by atoms with van der Waals surface area (Å²) in [4.78, 5) is 17.2. The highest BCUT2D eigenvalue weighted by atomic mass is 16.5. The van der Waals surface area contributed by atoms with Gasteiger partial charge in [0, 0.05) is 10.8 Å². The first-order valence-corrected chi connectivity index (χ1v) is 7.97. The van der Waals surface area contributed by atoms with E-state index in [-0.39, 0.29) is 11.9 Å². The number of fused-ring (bicyclic) bond motifs is 3. The molecule has 1 unspecified atom stereocenters. The Labute approximate surface area is 136 Å². The number of pyridine rings is 1. The minimum atomic E-state index is -0.338. The lowest BCUT2D eigenvalue weighted by Crippen LogP contribution is -2.18. The fourth-order valence-electron chi connectivity index (χ4n) is 3.13. The molecule has 3 nitrogen and oxygen atoms in total. The number of carbonyl (C=O) groups is 1. The number of para-hydroxylation sites is 1. The highest BCUT2D eigenvalue weighted by molar-refractivity contribution is 6.07. The Bertz CT molecular complexity index is 855. The van der Waals surface area contributed by atoms with Crippen molar-refractivity contribution < 1.29 is 9.53 Å². The van der Waals surface area contributed by atoms with Gasteiger partial charge in [-0.25, -0.2) is 0 Å². The normalized spacial score (nSPS) is 12.7. The third-order valence-electron chi connectivity index (χ3n) is 4.16. The Morgan fingerprint density at radius 2 is 1.61 bits per heavy atom. The van der Waals surface area contributed by atoms with Crippen molar-refractivity contribution in [3.63, 3.8) is 0 Å². The van der Waals surface area contributed by atoms with E-state index in [1.165, 1.54) is 7.11 Å². The largest absolute Gasteiger partial charge is 0.469 e.